The van der Waals surface area contributed by atoms with Gasteiger partial charge in [-0.25, -0.2) is 0 Å². The average molecular weight is 211 g/mol. The molecule has 0 spiro atoms. The van der Waals surface area contributed by atoms with Crippen LogP contribution in [0.1, 0.15) is 18.2 Å². The third kappa shape index (κ3) is 3.25. The molecular weight excluding hydrogens is 194 g/mol. The van der Waals surface area contributed by atoms with Crippen LogP contribution in [0.2, 0.25) is 0 Å². The molecule has 3 heteroatoms. The molecule has 0 fully saturated rings. The molecule has 1 atom stereocenters. The van der Waals surface area contributed by atoms with Gasteiger partial charge in [0.15, 0.2) is 0 Å². The van der Waals surface area contributed by atoms with Gasteiger partial charge in [0.25, 0.3) is 0 Å². The molecule has 1 aromatic rings. The highest BCUT2D eigenvalue weighted by Gasteiger charge is 2.22. The van der Waals surface area contributed by atoms with Crippen molar-refractivity contribution in [3.8, 4) is 0 Å². The second kappa shape index (κ2) is 5.29. The molecule has 0 saturated heterocycles. The summed E-state index contributed by atoms with van der Waals surface area (Å²) in [6, 6.07) is 3.93. The Morgan fingerprint density at radius 1 is 1.71 bits per heavy atom. The van der Waals surface area contributed by atoms with Crippen LogP contribution in [-0.2, 0) is 5.60 Å². The molecule has 0 amide bonds. The molecule has 0 saturated carbocycles. The molecule has 1 heterocycles. The van der Waals surface area contributed by atoms with Crippen LogP contribution in [0.3, 0.4) is 0 Å². The normalized spacial score (nSPS) is 15.0. The maximum atomic E-state index is 10.1. The summed E-state index contributed by atoms with van der Waals surface area (Å²) in [5.41, 5.74) is -0.706. The summed E-state index contributed by atoms with van der Waals surface area (Å²) in [6.45, 7) is 7.07. The Labute approximate surface area is 89.3 Å². The Bertz CT molecular complexity index is 267. The predicted octanol–water partition coefficient (Wildman–Crippen LogP) is 2.12. The molecular formula is C11H17NOS. The summed E-state index contributed by atoms with van der Waals surface area (Å²) in [7, 11) is 0. The van der Waals surface area contributed by atoms with E-state index in [2.05, 4.69) is 11.9 Å². The molecule has 0 bridgehead atoms. The summed E-state index contributed by atoms with van der Waals surface area (Å²) in [6.07, 6.45) is 2.54. The average Bonchev–Trinajstić information content (AvgIpc) is 2.65. The van der Waals surface area contributed by atoms with Gasteiger partial charge in [0, 0.05) is 11.4 Å². The highest BCUT2D eigenvalue weighted by Crippen LogP contribution is 2.27. The van der Waals surface area contributed by atoms with Gasteiger partial charge in [0.05, 0.1) is 5.60 Å². The number of nitrogens with one attached hydrogen (secondary N) is 1. The van der Waals surface area contributed by atoms with E-state index in [0.717, 1.165) is 24.4 Å². The summed E-state index contributed by atoms with van der Waals surface area (Å²) in [5, 5.41) is 15.3. The van der Waals surface area contributed by atoms with Crippen molar-refractivity contribution in [1.82, 2.24) is 5.32 Å². The van der Waals surface area contributed by atoms with E-state index in [0.29, 0.717) is 0 Å². The molecule has 0 radical (unpaired) electrons. The van der Waals surface area contributed by atoms with Crippen molar-refractivity contribution in [3.63, 3.8) is 0 Å². The zero-order chi connectivity index (χ0) is 10.4. The third-order valence-electron chi connectivity index (χ3n) is 2.13. The Morgan fingerprint density at radius 3 is 3.07 bits per heavy atom. The Morgan fingerprint density at radius 2 is 2.50 bits per heavy atom. The summed E-state index contributed by atoms with van der Waals surface area (Å²) in [4.78, 5) is 1.03. The van der Waals surface area contributed by atoms with E-state index in [-0.39, 0.29) is 0 Å². The zero-order valence-electron chi connectivity index (χ0n) is 8.49. The van der Waals surface area contributed by atoms with Gasteiger partial charge in [-0.15, -0.1) is 17.9 Å². The lowest BCUT2D eigenvalue weighted by molar-refractivity contribution is 0.0521. The Kier molecular flexibility index (Phi) is 4.32. The molecule has 0 aliphatic carbocycles. The van der Waals surface area contributed by atoms with Gasteiger partial charge >= 0.3 is 0 Å². The Hall–Kier alpha value is -0.640. The highest BCUT2D eigenvalue weighted by atomic mass is 32.1. The van der Waals surface area contributed by atoms with Gasteiger partial charge in [0.1, 0.15) is 0 Å². The van der Waals surface area contributed by atoms with Gasteiger partial charge in [-0.1, -0.05) is 12.1 Å². The lowest BCUT2D eigenvalue weighted by Crippen LogP contribution is -2.27. The standard InChI is InChI=1S/C11H17NOS/c1-3-7-12-8-6-11(2,13)10-5-4-9-14-10/h3-5,9,12-13H,1,6-8H2,2H3. The van der Waals surface area contributed by atoms with Crippen LogP contribution in [0.25, 0.3) is 0 Å². The lowest BCUT2D eigenvalue weighted by Gasteiger charge is -2.21. The zero-order valence-corrected chi connectivity index (χ0v) is 9.31. The van der Waals surface area contributed by atoms with Crippen LogP contribution in [0.15, 0.2) is 30.2 Å². The second-order valence-corrected chi connectivity index (χ2v) is 4.44. The van der Waals surface area contributed by atoms with E-state index >= 15 is 0 Å². The monoisotopic (exact) mass is 211 g/mol. The first-order valence-corrected chi connectivity index (χ1v) is 5.63. The van der Waals surface area contributed by atoms with Crippen LogP contribution >= 0.6 is 11.3 Å². The van der Waals surface area contributed by atoms with Gasteiger partial charge < -0.3 is 10.4 Å². The minimum absolute atomic E-state index is 0.706. The SMILES string of the molecule is C=CCNCCC(C)(O)c1cccs1. The number of hydrogen-bond donors (Lipinski definition) is 2. The van der Waals surface area contributed by atoms with E-state index in [1.807, 2.05) is 30.5 Å². The Balaban J connectivity index is 2.38. The van der Waals surface area contributed by atoms with Gasteiger partial charge in [-0.05, 0) is 31.3 Å². The lowest BCUT2D eigenvalue weighted by atomic mass is 10.0. The molecule has 2 nitrogen and oxygen atoms in total. The van der Waals surface area contributed by atoms with Gasteiger partial charge in [0.2, 0.25) is 0 Å². The van der Waals surface area contributed by atoms with Crippen molar-refractivity contribution in [2.24, 2.45) is 0 Å². The molecule has 0 aliphatic rings. The first-order chi connectivity index (χ1) is 6.67. The molecule has 1 rings (SSSR count). The van der Waals surface area contributed by atoms with Crippen molar-refractivity contribution >= 4 is 11.3 Å². The molecule has 14 heavy (non-hydrogen) atoms. The van der Waals surface area contributed by atoms with Crippen LogP contribution in [0.5, 0.6) is 0 Å². The van der Waals surface area contributed by atoms with Crippen LogP contribution in [0, 0.1) is 0 Å². The first kappa shape index (κ1) is 11.4. The molecule has 1 unspecified atom stereocenters. The summed E-state index contributed by atoms with van der Waals surface area (Å²) < 4.78 is 0. The summed E-state index contributed by atoms with van der Waals surface area (Å²) in [5.74, 6) is 0. The van der Waals surface area contributed by atoms with Crippen LogP contribution in [-0.4, -0.2) is 18.2 Å². The fraction of sp³-hybridized carbons (Fsp3) is 0.455. The topological polar surface area (TPSA) is 32.3 Å². The molecule has 1 aromatic heterocycles. The fourth-order valence-corrected chi connectivity index (χ4v) is 2.06. The van der Waals surface area contributed by atoms with Crippen molar-refractivity contribution in [2.75, 3.05) is 13.1 Å². The first-order valence-electron chi connectivity index (χ1n) is 4.75. The van der Waals surface area contributed by atoms with E-state index in [1.54, 1.807) is 11.3 Å². The maximum absolute atomic E-state index is 10.1. The fourth-order valence-electron chi connectivity index (χ4n) is 1.24. The maximum Gasteiger partial charge on any atom is 0.0971 e. The number of hydrogen-bond acceptors (Lipinski definition) is 3. The smallest absolute Gasteiger partial charge is 0.0971 e. The van der Waals surface area contributed by atoms with Gasteiger partial charge in [-0.2, -0.15) is 0 Å². The minimum atomic E-state index is -0.706. The second-order valence-electron chi connectivity index (χ2n) is 3.49. The third-order valence-corrected chi connectivity index (χ3v) is 3.25. The van der Waals surface area contributed by atoms with E-state index in [1.165, 1.54) is 0 Å². The van der Waals surface area contributed by atoms with Crippen molar-refractivity contribution in [3.05, 3.63) is 35.0 Å². The van der Waals surface area contributed by atoms with Crippen molar-refractivity contribution in [2.45, 2.75) is 18.9 Å². The molecule has 2 N–H and O–H groups in total. The number of thiophene rings is 1. The van der Waals surface area contributed by atoms with Crippen molar-refractivity contribution < 1.29 is 5.11 Å². The number of aliphatic hydroxyl groups is 1. The summed E-state index contributed by atoms with van der Waals surface area (Å²) >= 11 is 1.60. The number of rotatable bonds is 6. The largest absolute Gasteiger partial charge is 0.385 e. The van der Waals surface area contributed by atoms with Crippen molar-refractivity contribution in [1.29, 1.82) is 0 Å². The molecule has 0 aliphatic heterocycles. The van der Waals surface area contributed by atoms with E-state index < -0.39 is 5.60 Å². The van der Waals surface area contributed by atoms with Crippen LogP contribution < -0.4 is 5.32 Å². The predicted molar refractivity (Wildman–Crippen MR) is 61.6 cm³/mol. The quantitative estimate of drug-likeness (QED) is 0.558. The minimum Gasteiger partial charge on any atom is -0.385 e. The van der Waals surface area contributed by atoms with Gasteiger partial charge in [-0.3, -0.25) is 0 Å². The molecule has 78 valence electrons. The van der Waals surface area contributed by atoms with Crippen LogP contribution in [0.4, 0.5) is 0 Å². The van der Waals surface area contributed by atoms with E-state index in [9.17, 15) is 5.11 Å². The molecule has 0 aromatic carbocycles. The highest BCUT2D eigenvalue weighted by molar-refractivity contribution is 7.10. The van der Waals surface area contributed by atoms with E-state index in [4.69, 9.17) is 0 Å².